The predicted molar refractivity (Wildman–Crippen MR) is 340 cm³/mol. The number of rotatable bonds is 9. The molecule has 0 saturated heterocycles. The Kier molecular flexibility index (Phi) is 9.35. The molecule has 0 fully saturated rings. The standard InChI is InChI=1S/C76H52N6O.Pt/c1-76(2,3)52-42-43-77-72(44-52)82-71-48-57(38-39-60(71)61-40-41-70-73(75(61)82)62-32-15-18-35-67(62)80(70)53-26-11-6-12-27-53)83-56-29-21-28-54(45-56)78-49-79(69-37-20-19-36-68(69)78)74-63(50-22-7-4-8-23-50)46-55(47-64(74)51-24-9-5-10-25-51)81-65-33-16-13-30-58(65)59-31-14-17-34-66(59)81;/h4-44,46-47H,1-3H3;/q-2;/i4D,5D,7D,8D,9D,10D,22D,23D,24D,25D;. The average Bonchev–Trinajstić information content (AvgIpc) is 1.48. The summed E-state index contributed by atoms with van der Waals surface area (Å²) in [5.41, 5.74) is 9.71. The molecular weight excluding hydrogens is 1210 g/mol. The van der Waals surface area contributed by atoms with Crippen molar-refractivity contribution in [1.82, 2.24) is 27.8 Å². The number of pyridine rings is 1. The normalized spacial score (nSPS) is 13.7. The third kappa shape index (κ3) is 7.91. The van der Waals surface area contributed by atoms with E-state index in [-0.39, 0.29) is 33.4 Å². The first kappa shape index (κ1) is 40.2. The van der Waals surface area contributed by atoms with Crippen LogP contribution in [-0.2, 0) is 24.8 Å². The van der Waals surface area contributed by atoms with Gasteiger partial charge in [-0.05, 0) is 41.3 Å². The summed E-state index contributed by atoms with van der Waals surface area (Å²) in [5, 5.41) is 5.96. The molecule has 0 aliphatic heterocycles. The molecule has 16 rings (SSSR count). The van der Waals surface area contributed by atoms with Gasteiger partial charge in [-0.25, -0.2) is 0 Å². The summed E-state index contributed by atoms with van der Waals surface area (Å²) >= 11 is 2.19. The molecule has 0 bridgehead atoms. The number of hydrogen-bond donors (Lipinski definition) is 0. The van der Waals surface area contributed by atoms with Gasteiger partial charge in [0.15, 0.2) is 0 Å². The van der Waals surface area contributed by atoms with Crippen LogP contribution in [0.5, 0.6) is 11.5 Å². The van der Waals surface area contributed by atoms with Gasteiger partial charge in [-0.2, -0.15) is 0 Å². The number of fused-ring (bicyclic) bond motifs is 11. The van der Waals surface area contributed by atoms with E-state index in [0.717, 1.165) is 82.5 Å². The molecular formula is C76H52N6OPt-2. The van der Waals surface area contributed by atoms with Crippen LogP contribution in [0, 0.1) is 15.9 Å². The molecule has 11 aromatic carbocycles. The number of hydrogen-bond acceptors (Lipinski definition) is 2. The Morgan fingerprint density at radius 2 is 1.01 bits per heavy atom. The number of nitrogens with zero attached hydrogens (tertiary/aromatic N) is 6. The van der Waals surface area contributed by atoms with Crippen molar-refractivity contribution in [2.24, 2.45) is 0 Å². The van der Waals surface area contributed by atoms with Crippen molar-refractivity contribution in [3.8, 4) is 62.3 Å². The molecule has 0 radical (unpaired) electrons. The summed E-state index contributed by atoms with van der Waals surface area (Å²) in [6.45, 7) is 6.58. The summed E-state index contributed by atoms with van der Waals surface area (Å²) in [6.07, 6.45) is 1.87. The second kappa shape index (κ2) is 19.5. The zero-order valence-corrected chi connectivity index (χ0v) is 47.7. The zero-order chi connectivity index (χ0) is 64.9. The van der Waals surface area contributed by atoms with Gasteiger partial charge in [-0.15, -0.1) is 0 Å². The Morgan fingerprint density at radius 1 is 0.452 bits per heavy atom. The topological polar surface area (TPSA) is 46.8 Å². The van der Waals surface area contributed by atoms with Crippen LogP contribution >= 0.6 is 0 Å². The van der Waals surface area contributed by atoms with E-state index in [9.17, 15) is 5.48 Å². The van der Waals surface area contributed by atoms with Crippen LogP contribution in [0.3, 0.4) is 0 Å². The molecule has 8 heteroatoms. The number of aromatic nitrogens is 6. The second-order valence-corrected chi connectivity index (χ2v) is 22.8. The van der Waals surface area contributed by atoms with Crippen LogP contribution in [0.1, 0.15) is 40.0 Å². The first-order valence-electron chi connectivity index (χ1n) is 32.5. The SMILES string of the molecule is [2H]c1c([2H])c([2H])c(-c2cc(-n3c4ccccc4c4ccccc43)cc(-c3c([2H])c([2H])c([2H])c([2H])c3[2H])c2-n2[c](=[Pt])n(-c3[c-]c(Oc4[c-]c5c(cc4)c4ccc6c(c7ccccc7n6-c6ccccc6)c4n5-c4cc(C(C)(C)C)ccn4)ccc3)c3ccccc32)c([2H])c1[2H]. The van der Waals surface area contributed by atoms with Crippen LogP contribution in [0.4, 0.5) is 0 Å². The fourth-order valence-electron chi connectivity index (χ4n) is 12.3. The van der Waals surface area contributed by atoms with E-state index in [1.807, 2.05) is 123 Å². The van der Waals surface area contributed by atoms with Crippen molar-refractivity contribution < 1.29 is 37.8 Å². The van der Waals surface area contributed by atoms with Crippen molar-refractivity contribution in [1.29, 1.82) is 0 Å². The molecule has 0 saturated carbocycles. The summed E-state index contributed by atoms with van der Waals surface area (Å²) in [7, 11) is 0. The monoisotopic (exact) mass is 1270 g/mol. The third-order valence-corrected chi connectivity index (χ3v) is 16.9. The van der Waals surface area contributed by atoms with Gasteiger partial charge >= 0.3 is 381 Å². The quantitative estimate of drug-likeness (QED) is 0.135. The second-order valence-electron chi connectivity index (χ2n) is 21.8. The van der Waals surface area contributed by atoms with Gasteiger partial charge in [0.1, 0.15) is 0 Å². The van der Waals surface area contributed by atoms with Crippen LogP contribution in [-0.4, -0.2) is 27.8 Å². The molecule has 0 aliphatic rings. The maximum atomic E-state index is 9.64. The minimum atomic E-state index is -0.589. The predicted octanol–water partition coefficient (Wildman–Crippen LogP) is 19.2. The molecule has 0 spiro atoms. The number of imidazole rings is 1. The summed E-state index contributed by atoms with van der Waals surface area (Å²) in [6, 6.07) is 65.6. The van der Waals surface area contributed by atoms with E-state index in [2.05, 4.69) is 140 Å². The molecule has 0 amide bonds. The Morgan fingerprint density at radius 3 is 1.67 bits per heavy atom. The summed E-state index contributed by atoms with van der Waals surface area (Å²) in [4.78, 5) is 5.08. The molecule has 5 aromatic heterocycles. The molecule has 0 unspecified atom stereocenters. The van der Waals surface area contributed by atoms with Crippen LogP contribution in [0.2, 0.25) is 0 Å². The molecule has 16 aromatic rings. The number of benzene rings is 11. The van der Waals surface area contributed by atoms with Gasteiger partial charge in [0.2, 0.25) is 0 Å². The van der Waals surface area contributed by atoms with Crippen molar-refractivity contribution in [3.05, 3.63) is 282 Å². The van der Waals surface area contributed by atoms with Gasteiger partial charge in [0.25, 0.3) is 0 Å². The Labute approximate surface area is 510 Å². The summed E-state index contributed by atoms with van der Waals surface area (Å²) < 4.78 is 110. The van der Waals surface area contributed by atoms with E-state index >= 15 is 0 Å². The van der Waals surface area contributed by atoms with Crippen molar-refractivity contribution in [3.63, 3.8) is 0 Å². The molecule has 0 aliphatic carbocycles. The van der Waals surface area contributed by atoms with Crippen molar-refractivity contribution >= 4 is 76.5 Å². The van der Waals surface area contributed by atoms with E-state index < -0.39 is 60.4 Å². The fourth-order valence-corrected chi connectivity index (χ4v) is 13.3. The van der Waals surface area contributed by atoms with E-state index in [1.165, 1.54) is 0 Å². The van der Waals surface area contributed by atoms with Gasteiger partial charge < -0.3 is 4.57 Å². The fraction of sp³-hybridized carbons (Fsp3) is 0.0526. The van der Waals surface area contributed by atoms with E-state index in [0.29, 0.717) is 37.7 Å². The van der Waals surface area contributed by atoms with Gasteiger partial charge in [-0.3, -0.25) is 0 Å². The molecule has 0 atom stereocenters. The van der Waals surface area contributed by atoms with Crippen molar-refractivity contribution in [2.45, 2.75) is 26.2 Å². The van der Waals surface area contributed by atoms with Crippen LogP contribution < -0.4 is 4.74 Å². The molecule has 404 valence electrons. The molecule has 5 heterocycles. The Balaban J connectivity index is 0.925. The average molecular weight is 1270 g/mol. The molecule has 0 N–H and O–H groups in total. The molecule has 84 heavy (non-hydrogen) atoms. The first-order valence-corrected chi connectivity index (χ1v) is 28.7. The molecule has 7 nitrogen and oxygen atoms in total. The minimum absolute atomic E-state index is 0.136. The Bertz CT molecular complexity index is 5800. The number of para-hydroxylation sites is 6. The van der Waals surface area contributed by atoms with Gasteiger partial charge in [-0.1, -0.05) is 57.2 Å². The zero-order valence-electron chi connectivity index (χ0n) is 55.5. The van der Waals surface area contributed by atoms with Gasteiger partial charge in [0.05, 0.1) is 11.0 Å². The van der Waals surface area contributed by atoms with Crippen LogP contribution in [0.15, 0.2) is 261 Å². The van der Waals surface area contributed by atoms with E-state index in [1.54, 1.807) is 12.1 Å². The Hall–Kier alpha value is -10.1. The first-order chi connectivity index (χ1) is 45.4. The van der Waals surface area contributed by atoms with E-state index in [4.69, 9.17) is 17.9 Å². The van der Waals surface area contributed by atoms with Crippen molar-refractivity contribution in [2.75, 3.05) is 0 Å². The summed E-state index contributed by atoms with van der Waals surface area (Å²) in [5.74, 6) is 1.50. The third-order valence-electron chi connectivity index (χ3n) is 15.9. The maximum absolute atomic E-state index is 9.64. The number of ether oxygens (including phenoxy) is 1. The van der Waals surface area contributed by atoms with Crippen LogP contribution in [0.25, 0.3) is 127 Å². The van der Waals surface area contributed by atoms with Gasteiger partial charge in [0, 0.05) is 17.3 Å².